The summed E-state index contributed by atoms with van der Waals surface area (Å²) >= 11 is 0. The monoisotopic (exact) mass is 246 g/mol. The molecule has 2 atom stereocenters. The molecular weight excluding hydrogens is 224 g/mol. The molecule has 0 spiro atoms. The van der Waals surface area contributed by atoms with E-state index in [0.29, 0.717) is 6.10 Å². The van der Waals surface area contributed by atoms with Gasteiger partial charge in [-0.15, -0.1) is 0 Å². The molecule has 0 aromatic heterocycles. The highest BCUT2D eigenvalue weighted by molar-refractivity contribution is 5.37. The largest absolute Gasteiger partial charge is 0.488 e. The fourth-order valence-electron chi connectivity index (χ4n) is 2.99. The van der Waals surface area contributed by atoms with Crippen molar-refractivity contribution in [2.45, 2.75) is 19.4 Å². The molecule has 1 N–H and O–H groups in total. The molecule has 2 heterocycles. The summed E-state index contributed by atoms with van der Waals surface area (Å²) in [6.07, 6.45) is 1.40. The van der Waals surface area contributed by atoms with Crippen LogP contribution in [-0.4, -0.2) is 43.7 Å². The summed E-state index contributed by atoms with van der Waals surface area (Å²) in [5, 5.41) is 3.49. The lowest BCUT2D eigenvalue weighted by Gasteiger charge is -2.24. The highest BCUT2D eigenvalue weighted by Crippen LogP contribution is 2.28. The van der Waals surface area contributed by atoms with Crippen LogP contribution in [0.15, 0.2) is 24.3 Å². The van der Waals surface area contributed by atoms with E-state index in [1.807, 2.05) is 0 Å². The zero-order chi connectivity index (χ0) is 12.4. The first kappa shape index (κ1) is 12.0. The Morgan fingerprint density at radius 1 is 1.39 bits per heavy atom. The van der Waals surface area contributed by atoms with Crippen molar-refractivity contribution in [3.63, 3.8) is 0 Å². The van der Waals surface area contributed by atoms with Crippen molar-refractivity contribution in [2.75, 3.05) is 32.7 Å². The number of hydrogen-bond donors (Lipinski definition) is 1. The lowest BCUT2D eigenvalue weighted by molar-refractivity contribution is 0.147. The van der Waals surface area contributed by atoms with Crippen molar-refractivity contribution in [3.8, 4) is 5.75 Å². The Labute approximate surface area is 109 Å². The van der Waals surface area contributed by atoms with Gasteiger partial charge in [-0.25, -0.2) is 0 Å². The van der Waals surface area contributed by atoms with E-state index >= 15 is 0 Å². The van der Waals surface area contributed by atoms with Gasteiger partial charge in [0.2, 0.25) is 0 Å². The number of ether oxygens (including phenoxy) is 1. The molecule has 2 unspecified atom stereocenters. The number of nitrogens with zero attached hydrogens (tertiary/aromatic N) is 1. The number of fused-ring (bicyclic) bond motifs is 1. The second-order valence-corrected chi connectivity index (χ2v) is 5.62. The van der Waals surface area contributed by atoms with E-state index in [2.05, 4.69) is 41.4 Å². The van der Waals surface area contributed by atoms with Crippen LogP contribution in [0.3, 0.4) is 0 Å². The second kappa shape index (κ2) is 5.29. The smallest absolute Gasteiger partial charge is 0.123 e. The van der Waals surface area contributed by atoms with Crippen molar-refractivity contribution in [1.82, 2.24) is 10.2 Å². The van der Waals surface area contributed by atoms with Crippen LogP contribution in [-0.2, 0) is 6.42 Å². The maximum Gasteiger partial charge on any atom is 0.123 e. The standard InChI is InChI=1S/C15H22N2O/c1-12-9-16-6-7-17(10-12)11-14-8-13-4-2-3-5-15(13)18-14/h2-5,12,14,16H,6-11H2,1H3. The van der Waals surface area contributed by atoms with Crippen LogP contribution in [0, 0.1) is 5.92 Å². The average molecular weight is 246 g/mol. The van der Waals surface area contributed by atoms with Crippen molar-refractivity contribution >= 4 is 0 Å². The molecule has 2 aliphatic rings. The van der Waals surface area contributed by atoms with Gasteiger partial charge in [0.05, 0.1) is 0 Å². The molecule has 1 saturated heterocycles. The van der Waals surface area contributed by atoms with Crippen molar-refractivity contribution in [1.29, 1.82) is 0 Å². The fourth-order valence-corrected chi connectivity index (χ4v) is 2.99. The molecule has 98 valence electrons. The Morgan fingerprint density at radius 3 is 3.17 bits per heavy atom. The van der Waals surface area contributed by atoms with Gasteiger partial charge < -0.3 is 10.1 Å². The summed E-state index contributed by atoms with van der Waals surface area (Å²) in [7, 11) is 0. The van der Waals surface area contributed by atoms with Crippen molar-refractivity contribution in [2.24, 2.45) is 5.92 Å². The highest BCUT2D eigenvalue weighted by atomic mass is 16.5. The van der Waals surface area contributed by atoms with Gasteiger partial charge in [-0.1, -0.05) is 25.1 Å². The minimum atomic E-state index is 0.340. The predicted molar refractivity (Wildman–Crippen MR) is 73.0 cm³/mol. The van der Waals surface area contributed by atoms with Crippen LogP contribution in [0.4, 0.5) is 0 Å². The quantitative estimate of drug-likeness (QED) is 0.856. The van der Waals surface area contributed by atoms with Crippen LogP contribution in [0.5, 0.6) is 5.75 Å². The second-order valence-electron chi connectivity index (χ2n) is 5.62. The number of rotatable bonds is 2. The van der Waals surface area contributed by atoms with Gasteiger partial charge in [0.15, 0.2) is 0 Å². The lowest BCUT2D eigenvalue weighted by atomic mass is 10.1. The number of benzene rings is 1. The first-order chi connectivity index (χ1) is 8.81. The van der Waals surface area contributed by atoms with E-state index in [0.717, 1.165) is 44.3 Å². The maximum atomic E-state index is 6.02. The summed E-state index contributed by atoms with van der Waals surface area (Å²) in [6.45, 7) is 7.94. The molecule has 3 heteroatoms. The van der Waals surface area contributed by atoms with Crippen LogP contribution in [0.25, 0.3) is 0 Å². The molecule has 1 fully saturated rings. The molecular formula is C15H22N2O. The summed E-state index contributed by atoms with van der Waals surface area (Å²) < 4.78 is 6.02. The molecule has 1 aromatic rings. The third-order valence-electron chi connectivity index (χ3n) is 3.84. The van der Waals surface area contributed by atoms with Gasteiger partial charge >= 0.3 is 0 Å². The molecule has 0 radical (unpaired) electrons. The predicted octanol–water partition coefficient (Wildman–Crippen LogP) is 1.53. The maximum absolute atomic E-state index is 6.02. The van der Waals surface area contributed by atoms with E-state index < -0.39 is 0 Å². The van der Waals surface area contributed by atoms with Crippen LogP contribution in [0.2, 0.25) is 0 Å². The molecule has 0 saturated carbocycles. The minimum absolute atomic E-state index is 0.340. The van der Waals surface area contributed by atoms with Crippen molar-refractivity contribution < 1.29 is 4.74 Å². The van der Waals surface area contributed by atoms with Gasteiger partial charge in [-0.3, -0.25) is 4.90 Å². The molecule has 1 aromatic carbocycles. The first-order valence-corrected chi connectivity index (χ1v) is 6.99. The summed E-state index contributed by atoms with van der Waals surface area (Å²) in [4.78, 5) is 2.54. The Morgan fingerprint density at radius 2 is 2.28 bits per heavy atom. The zero-order valence-corrected chi connectivity index (χ0v) is 11.1. The molecule has 2 aliphatic heterocycles. The normalized spacial score (nSPS) is 28.5. The molecule has 18 heavy (non-hydrogen) atoms. The molecule has 0 bridgehead atoms. The van der Waals surface area contributed by atoms with Crippen LogP contribution >= 0.6 is 0 Å². The Bertz CT molecular complexity index is 382. The van der Waals surface area contributed by atoms with Crippen LogP contribution in [0.1, 0.15) is 12.5 Å². The number of nitrogens with one attached hydrogen (secondary N) is 1. The topological polar surface area (TPSA) is 24.5 Å². The molecule has 0 aliphatic carbocycles. The average Bonchev–Trinajstić information content (AvgIpc) is 2.65. The summed E-state index contributed by atoms with van der Waals surface area (Å²) in [6, 6.07) is 8.42. The van der Waals surface area contributed by atoms with Gasteiger partial charge in [-0.05, 0) is 24.1 Å². The van der Waals surface area contributed by atoms with E-state index in [1.54, 1.807) is 0 Å². The van der Waals surface area contributed by atoms with Gasteiger partial charge in [0.1, 0.15) is 11.9 Å². The number of para-hydroxylation sites is 1. The Hall–Kier alpha value is -1.06. The fraction of sp³-hybridized carbons (Fsp3) is 0.600. The number of hydrogen-bond acceptors (Lipinski definition) is 3. The van der Waals surface area contributed by atoms with E-state index in [-0.39, 0.29) is 0 Å². The summed E-state index contributed by atoms with van der Waals surface area (Å²) in [5.74, 6) is 1.82. The molecule has 3 nitrogen and oxygen atoms in total. The minimum Gasteiger partial charge on any atom is -0.488 e. The Kier molecular flexibility index (Phi) is 3.52. The van der Waals surface area contributed by atoms with Gasteiger partial charge in [0, 0.05) is 32.6 Å². The first-order valence-electron chi connectivity index (χ1n) is 6.99. The van der Waals surface area contributed by atoms with Crippen molar-refractivity contribution in [3.05, 3.63) is 29.8 Å². The van der Waals surface area contributed by atoms with Gasteiger partial charge in [0.25, 0.3) is 0 Å². The van der Waals surface area contributed by atoms with Gasteiger partial charge in [-0.2, -0.15) is 0 Å². The SMILES string of the molecule is CC1CNCCN(CC2Cc3ccccc3O2)C1. The molecule has 0 amide bonds. The summed E-state index contributed by atoms with van der Waals surface area (Å²) in [5.41, 5.74) is 1.36. The van der Waals surface area contributed by atoms with Crippen LogP contribution < -0.4 is 10.1 Å². The molecule has 3 rings (SSSR count). The van der Waals surface area contributed by atoms with E-state index in [1.165, 1.54) is 12.1 Å². The Balaban J connectivity index is 1.58. The zero-order valence-electron chi connectivity index (χ0n) is 11.1. The highest BCUT2D eigenvalue weighted by Gasteiger charge is 2.25. The van der Waals surface area contributed by atoms with E-state index in [4.69, 9.17) is 4.74 Å². The lowest BCUT2D eigenvalue weighted by Crippen LogP contribution is -2.38. The van der Waals surface area contributed by atoms with E-state index in [9.17, 15) is 0 Å². The third kappa shape index (κ3) is 2.68. The third-order valence-corrected chi connectivity index (χ3v) is 3.84.